The van der Waals surface area contributed by atoms with E-state index in [1.54, 1.807) is 0 Å². The highest BCUT2D eigenvalue weighted by molar-refractivity contribution is 5.79. The first kappa shape index (κ1) is 6.69. The van der Waals surface area contributed by atoms with Crippen molar-refractivity contribution in [2.45, 2.75) is 0 Å². The molecule has 0 aromatic heterocycles. The topological polar surface area (TPSA) is 120 Å². The number of guanidine groups is 1. The lowest BCUT2D eigenvalue weighted by Gasteiger charge is -2.21. The van der Waals surface area contributed by atoms with Crippen LogP contribution in [0.5, 0.6) is 0 Å². The van der Waals surface area contributed by atoms with Crippen molar-refractivity contribution >= 4 is 5.96 Å². The lowest BCUT2D eigenvalue weighted by molar-refractivity contribution is 0.457. The normalized spacial score (nSPS) is 19.3. The molecule has 0 fully saturated rings. The smallest absolute Gasteiger partial charge is 0.212 e. The Morgan fingerprint density at radius 2 is 1.90 bits per heavy atom. The molecule has 1 rings (SSSR count). The molecule has 1 aliphatic rings. The SMILES string of the molecule is NC1=NC(N)=C(N)CN1N. The van der Waals surface area contributed by atoms with Crippen LogP contribution in [0.4, 0.5) is 0 Å². The zero-order valence-corrected chi connectivity index (χ0v) is 5.41. The van der Waals surface area contributed by atoms with Crippen molar-refractivity contribution in [1.82, 2.24) is 5.01 Å². The zero-order chi connectivity index (χ0) is 7.72. The Hall–Kier alpha value is -1.43. The number of hydrogen-bond donors (Lipinski definition) is 4. The Morgan fingerprint density at radius 3 is 2.40 bits per heavy atom. The monoisotopic (exact) mass is 142 g/mol. The van der Waals surface area contributed by atoms with Crippen molar-refractivity contribution in [3.05, 3.63) is 11.5 Å². The number of nitrogens with two attached hydrogens (primary N) is 4. The molecule has 0 atom stereocenters. The van der Waals surface area contributed by atoms with Crippen LogP contribution in [0.25, 0.3) is 0 Å². The number of nitrogens with zero attached hydrogens (tertiary/aromatic N) is 2. The Bertz CT molecular complexity index is 204. The summed E-state index contributed by atoms with van der Waals surface area (Å²) in [7, 11) is 0. The zero-order valence-electron chi connectivity index (χ0n) is 5.41. The van der Waals surface area contributed by atoms with Crippen LogP contribution in [-0.4, -0.2) is 17.5 Å². The van der Waals surface area contributed by atoms with E-state index in [1.165, 1.54) is 5.01 Å². The molecular weight excluding hydrogens is 132 g/mol. The first-order valence-electron chi connectivity index (χ1n) is 2.71. The highest BCUT2D eigenvalue weighted by Gasteiger charge is 2.12. The average molecular weight is 142 g/mol. The van der Waals surface area contributed by atoms with Crippen LogP contribution < -0.4 is 23.0 Å². The molecule has 0 radical (unpaired) electrons. The standard InChI is InChI=1S/C4H10N6/c5-2-1-10(8)4(7)9-3(2)6/h1,5-6,8H2,(H2,7,9). The first-order chi connectivity index (χ1) is 4.61. The fourth-order valence-electron chi connectivity index (χ4n) is 0.605. The largest absolute Gasteiger partial charge is 0.398 e. The van der Waals surface area contributed by atoms with Gasteiger partial charge in [0.15, 0.2) is 0 Å². The number of hydrogen-bond acceptors (Lipinski definition) is 6. The Morgan fingerprint density at radius 1 is 1.30 bits per heavy atom. The molecule has 1 aliphatic heterocycles. The number of hydrazine groups is 1. The maximum absolute atomic E-state index is 5.40. The van der Waals surface area contributed by atoms with Gasteiger partial charge >= 0.3 is 0 Å². The summed E-state index contributed by atoms with van der Waals surface area (Å²) < 4.78 is 0. The summed E-state index contributed by atoms with van der Waals surface area (Å²) in [5, 5.41) is 1.23. The van der Waals surface area contributed by atoms with Gasteiger partial charge in [0.1, 0.15) is 5.82 Å². The van der Waals surface area contributed by atoms with Gasteiger partial charge in [-0.2, -0.15) is 4.99 Å². The van der Waals surface area contributed by atoms with Crippen LogP contribution in [0.1, 0.15) is 0 Å². The van der Waals surface area contributed by atoms with Gasteiger partial charge in [0.05, 0.1) is 12.2 Å². The van der Waals surface area contributed by atoms with Gasteiger partial charge in [-0.3, -0.25) is 5.01 Å². The van der Waals surface area contributed by atoms with Crippen LogP contribution in [-0.2, 0) is 0 Å². The van der Waals surface area contributed by atoms with Gasteiger partial charge in [0.25, 0.3) is 0 Å². The lowest BCUT2D eigenvalue weighted by atomic mass is 10.4. The van der Waals surface area contributed by atoms with Crippen LogP contribution in [0.3, 0.4) is 0 Å². The summed E-state index contributed by atoms with van der Waals surface area (Å²) in [6.07, 6.45) is 0. The van der Waals surface area contributed by atoms with Gasteiger partial charge in [-0.05, 0) is 0 Å². The fourth-order valence-corrected chi connectivity index (χ4v) is 0.605. The van der Waals surface area contributed by atoms with E-state index in [2.05, 4.69) is 4.99 Å². The molecule has 0 unspecified atom stereocenters. The van der Waals surface area contributed by atoms with Gasteiger partial charge in [0, 0.05) is 0 Å². The maximum atomic E-state index is 5.40. The predicted octanol–water partition coefficient (Wildman–Crippen LogP) is -2.42. The molecular formula is C4H10N6. The molecule has 6 nitrogen and oxygen atoms in total. The Kier molecular flexibility index (Phi) is 1.38. The molecule has 6 heteroatoms. The first-order valence-corrected chi connectivity index (χ1v) is 2.71. The quantitative estimate of drug-likeness (QED) is 0.280. The third-order valence-corrected chi connectivity index (χ3v) is 1.20. The molecule has 56 valence electrons. The van der Waals surface area contributed by atoms with E-state index in [9.17, 15) is 0 Å². The van der Waals surface area contributed by atoms with E-state index >= 15 is 0 Å². The third-order valence-electron chi connectivity index (χ3n) is 1.20. The van der Waals surface area contributed by atoms with E-state index in [1.807, 2.05) is 0 Å². The van der Waals surface area contributed by atoms with Gasteiger partial charge in [-0.25, -0.2) is 5.84 Å². The van der Waals surface area contributed by atoms with E-state index in [0.29, 0.717) is 12.2 Å². The van der Waals surface area contributed by atoms with Crippen LogP contribution >= 0.6 is 0 Å². The molecule has 10 heavy (non-hydrogen) atoms. The minimum atomic E-state index is 0.187. The van der Waals surface area contributed by atoms with E-state index in [0.717, 1.165) is 0 Å². The summed E-state index contributed by atoms with van der Waals surface area (Å²) in [5.41, 5.74) is 16.5. The molecule has 0 saturated heterocycles. The molecule has 0 amide bonds. The van der Waals surface area contributed by atoms with Gasteiger partial charge < -0.3 is 17.2 Å². The highest BCUT2D eigenvalue weighted by atomic mass is 15.5. The molecule has 0 aromatic carbocycles. The minimum Gasteiger partial charge on any atom is -0.398 e. The molecule has 0 aliphatic carbocycles. The van der Waals surface area contributed by atoms with Crippen molar-refractivity contribution in [2.24, 2.45) is 28.0 Å². The summed E-state index contributed by atoms with van der Waals surface area (Å²) in [5.74, 6) is 5.77. The second kappa shape index (κ2) is 2.07. The summed E-state index contributed by atoms with van der Waals surface area (Å²) in [6.45, 7) is 0.334. The van der Waals surface area contributed by atoms with Crippen LogP contribution in [0.2, 0.25) is 0 Å². The van der Waals surface area contributed by atoms with Crippen molar-refractivity contribution in [3.8, 4) is 0 Å². The predicted molar refractivity (Wildman–Crippen MR) is 37.9 cm³/mol. The van der Waals surface area contributed by atoms with E-state index < -0.39 is 0 Å². The maximum Gasteiger partial charge on any atom is 0.212 e. The van der Waals surface area contributed by atoms with Crippen molar-refractivity contribution in [2.75, 3.05) is 6.54 Å². The summed E-state index contributed by atoms with van der Waals surface area (Å²) in [4.78, 5) is 3.67. The van der Waals surface area contributed by atoms with Crippen molar-refractivity contribution in [3.63, 3.8) is 0 Å². The van der Waals surface area contributed by atoms with Gasteiger partial charge in [-0.15, -0.1) is 0 Å². The second-order valence-electron chi connectivity index (χ2n) is 2.01. The third kappa shape index (κ3) is 0.960. The van der Waals surface area contributed by atoms with Crippen molar-refractivity contribution < 1.29 is 0 Å². The molecule has 8 N–H and O–H groups in total. The molecule has 0 saturated carbocycles. The summed E-state index contributed by atoms with van der Waals surface area (Å²) in [6, 6.07) is 0. The van der Waals surface area contributed by atoms with Gasteiger partial charge in [0.2, 0.25) is 5.96 Å². The summed E-state index contributed by atoms with van der Waals surface area (Å²) >= 11 is 0. The highest BCUT2D eigenvalue weighted by Crippen LogP contribution is 2.00. The van der Waals surface area contributed by atoms with Gasteiger partial charge in [-0.1, -0.05) is 0 Å². The fraction of sp³-hybridized carbons (Fsp3) is 0.250. The van der Waals surface area contributed by atoms with Crippen LogP contribution in [0, 0.1) is 0 Å². The molecule has 0 aromatic rings. The van der Waals surface area contributed by atoms with E-state index in [-0.39, 0.29) is 11.8 Å². The van der Waals surface area contributed by atoms with Crippen molar-refractivity contribution in [1.29, 1.82) is 0 Å². The molecule has 0 bridgehead atoms. The van der Waals surface area contributed by atoms with E-state index in [4.69, 9.17) is 23.0 Å². The molecule has 1 heterocycles. The number of aliphatic imine (C=N–C) groups is 1. The Balaban J connectivity index is 2.88. The lowest BCUT2D eigenvalue weighted by Crippen LogP contribution is -2.47. The Labute approximate surface area is 58.1 Å². The minimum absolute atomic E-state index is 0.187. The molecule has 0 spiro atoms. The average Bonchev–Trinajstić information content (AvgIpc) is 1.84. The van der Waals surface area contributed by atoms with Crippen LogP contribution in [0.15, 0.2) is 16.5 Å². The number of rotatable bonds is 0. The second-order valence-corrected chi connectivity index (χ2v) is 2.01.